The number of amides is 2. The normalized spacial score (nSPS) is 11.6. The maximum atomic E-state index is 13.3. The van der Waals surface area contributed by atoms with Crippen LogP contribution >= 0.6 is 11.6 Å². The van der Waals surface area contributed by atoms with Gasteiger partial charge in [0.15, 0.2) is 5.78 Å². The van der Waals surface area contributed by atoms with Crippen molar-refractivity contribution in [3.8, 4) is 0 Å². The molecule has 9 heteroatoms. The first kappa shape index (κ1) is 20.3. The van der Waals surface area contributed by atoms with Crippen molar-refractivity contribution in [2.75, 3.05) is 5.32 Å². The molecule has 0 heterocycles. The number of carboxylic acid groups (broad SMARTS) is 1. The highest BCUT2D eigenvalue weighted by atomic mass is 35.5. The summed E-state index contributed by atoms with van der Waals surface area (Å²) in [6.45, 7) is 1.37. The maximum absolute atomic E-state index is 13.3. The van der Waals surface area contributed by atoms with Gasteiger partial charge in [0.2, 0.25) is 0 Å². The van der Waals surface area contributed by atoms with Crippen LogP contribution in [0.4, 0.5) is 19.3 Å². The zero-order valence-electron chi connectivity index (χ0n) is 14.1. The number of carbonyl (C=O) groups excluding carboxylic acids is 2. The summed E-state index contributed by atoms with van der Waals surface area (Å²) >= 11 is 6.07. The standard InChI is InChI=1S/C18H15ClF2N2O4/c1-9(22-18(26)27)15(24)5-10-3-2-4-14(19)16(10)17(25)23-13-7-11(20)6-12(21)8-13/h2-4,6-9,22H,5H2,1H3,(H,23,25)(H,26,27)/t9-/m0/s1. The van der Waals surface area contributed by atoms with E-state index >= 15 is 0 Å². The molecule has 0 radical (unpaired) electrons. The lowest BCUT2D eigenvalue weighted by Gasteiger charge is -2.14. The van der Waals surface area contributed by atoms with Gasteiger partial charge in [0.25, 0.3) is 5.91 Å². The van der Waals surface area contributed by atoms with Crippen LogP contribution < -0.4 is 10.6 Å². The Morgan fingerprint density at radius 1 is 1.15 bits per heavy atom. The van der Waals surface area contributed by atoms with Gasteiger partial charge in [-0.3, -0.25) is 9.59 Å². The Bertz CT molecular complexity index is 885. The minimum Gasteiger partial charge on any atom is -0.465 e. The third-order valence-electron chi connectivity index (χ3n) is 3.64. The largest absolute Gasteiger partial charge is 0.465 e. The first-order chi connectivity index (χ1) is 12.7. The zero-order valence-corrected chi connectivity index (χ0v) is 14.8. The van der Waals surface area contributed by atoms with Crippen LogP contribution in [-0.4, -0.2) is 28.9 Å². The van der Waals surface area contributed by atoms with E-state index in [2.05, 4.69) is 5.32 Å². The molecular weight excluding hydrogens is 382 g/mol. The summed E-state index contributed by atoms with van der Waals surface area (Å²) in [5, 5.41) is 13.1. The Hall–Kier alpha value is -3.00. The number of hydrogen-bond acceptors (Lipinski definition) is 3. The first-order valence-corrected chi connectivity index (χ1v) is 8.12. The lowest BCUT2D eigenvalue weighted by atomic mass is 9.99. The number of halogens is 3. The molecule has 0 aliphatic rings. The molecule has 27 heavy (non-hydrogen) atoms. The number of nitrogens with one attached hydrogen (secondary N) is 2. The van der Waals surface area contributed by atoms with Crippen LogP contribution in [-0.2, 0) is 11.2 Å². The molecular formula is C18H15ClF2N2O4. The predicted octanol–water partition coefficient (Wildman–Crippen LogP) is 3.64. The van der Waals surface area contributed by atoms with E-state index in [-0.39, 0.29) is 28.3 Å². The summed E-state index contributed by atoms with van der Waals surface area (Å²) in [6.07, 6.45) is -1.62. The van der Waals surface area contributed by atoms with Crippen molar-refractivity contribution in [1.29, 1.82) is 0 Å². The summed E-state index contributed by atoms with van der Waals surface area (Å²) in [4.78, 5) is 35.4. The molecule has 0 aromatic heterocycles. The summed E-state index contributed by atoms with van der Waals surface area (Å²) in [5.41, 5.74) is 0.0937. The molecule has 2 amide bonds. The van der Waals surface area contributed by atoms with Gasteiger partial charge in [-0.15, -0.1) is 0 Å². The van der Waals surface area contributed by atoms with Gasteiger partial charge in [-0.2, -0.15) is 0 Å². The maximum Gasteiger partial charge on any atom is 0.405 e. The van der Waals surface area contributed by atoms with Crippen molar-refractivity contribution in [3.63, 3.8) is 0 Å². The third-order valence-corrected chi connectivity index (χ3v) is 3.95. The fourth-order valence-corrected chi connectivity index (χ4v) is 2.68. The molecule has 0 saturated carbocycles. The molecule has 0 saturated heterocycles. The molecule has 0 aliphatic heterocycles. The third kappa shape index (κ3) is 5.49. The van der Waals surface area contributed by atoms with Gasteiger partial charge in [-0.05, 0) is 30.7 Å². The van der Waals surface area contributed by atoms with Gasteiger partial charge < -0.3 is 15.7 Å². The molecule has 0 bridgehead atoms. The predicted molar refractivity (Wildman–Crippen MR) is 95.1 cm³/mol. The number of hydrogen-bond donors (Lipinski definition) is 3. The molecule has 2 aromatic rings. The zero-order chi connectivity index (χ0) is 20.1. The second-order valence-electron chi connectivity index (χ2n) is 5.70. The number of Topliss-reactive ketones (excluding diaryl/α,β-unsaturated/α-hetero) is 1. The number of anilines is 1. The van der Waals surface area contributed by atoms with Crippen LogP contribution in [0.15, 0.2) is 36.4 Å². The van der Waals surface area contributed by atoms with E-state index in [0.717, 1.165) is 12.1 Å². The van der Waals surface area contributed by atoms with Crippen molar-refractivity contribution >= 4 is 35.1 Å². The highest BCUT2D eigenvalue weighted by molar-refractivity contribution is 6.34. The minimum absolute atomic E-state index is 0.0357. The van der Waals surface area contributed by atoms with Crippen LogP contribution in [0, 0.1) is 11.6 Å². The van der Waals surface area contributed by atoms with Crippen molar-refractivity contribution in [2.24, 2.45) is 0 Å². The van der Waals surface area contributed by atoms with Gasteiger partial charge in [0, 0.05) is 18.2 Å². The fourth-order valence-electron chi connectivity index (χ4n) is 2.40. The van der Waals surface area contributed by atoms with Gasteiger partial charge in [-0.1, -0.05) is 23.7 Å². The Morgan fingerprint density at radius 2 is 1.78 bits per heavy atom. The lowest BCUT2D eigenvalue weighted by Crippen LogP contribution is -2.38. The van der Waals surface area contributed by atoms with E-state index < -0.39 is 35.5 Å². The first-order valence-electron chi connectivity index (χ1n) is 7.74. The number of benzene rings is 2. The Balaban J connectivity index is 2.27. The van der Waals surface area contributed by atoms with E-state index in [4.69, 9.17) is 16.7 Å². The quantitative estimate of drug-likeness (QED) is 0.694. The van der Waals surface area contributed by atoms with E-state index in [9.17, 15) is 23.2 Å². The van der Waals surface area contributed by atoms with Crippen LogP contribution in [0.2, 0.25) is 5.02 Å². The van der Waals surface area contributed by atoms with Crippen molar-refractivity contribution in [1.82, 2.24) is 5.32 Å². The van der Waals surface area contributed by atoms with E-state index in [0.29, 0.717) is 6.07 Å². The summed E-state index contributed by atoms with van der Waals surface area (Å²) < 4.78 is 26.6. The van der Waals surface area contributed by atoms with Crippen LogP contribution in [0.3, 0.4) is 0 Å². The molecule has 0 spiro atoms. The second kappa shape index (κ2) is 8.59. The number of ketones is 1. The SMILES string of the molecule is C[C@H](NC(=O)O)C(=O)Cc1cccc(Cl)c1C(=O)Nc1cc(F)cc(F)c1. The Kier molecular flexibility index (Phi) is 6.46. The Morgan fingerprint density at radius 3 is 2.37 bits per heavy atom. The highest BCUT2D eigenvalue weighted by Gasteiger charge is 2.21. The smallest absolute Gasteiger partial charge is 0.405 e. The molecule has 0 unspecified atom stereocenters. The summed E-state index contributed by atoms with van der Waals surface area (Å²) in [6, 6.07) is 5.97. The monoisotopic (exact) mass is 396 g/mol. The molecule has 6 nitrogen and oxygen atoms in total. The van der Waals surface area contributed by atoms with Crippen LogP contribution in [0.5, 0.6) is 0 Å². The summed E-state index contributed by atoms with van der Waals surface area (Å²) in [7, 11) is 0. The van der Waals surface area contributed by atoms with Gasteiger partial charge in [0.05, 0.1) is 16.6 Å². The van der Waals surface area contributed by atoms with Crippen LogP contribution in [0.1, 0.15) is 22.8 Å². The van der Waals surface area contributed by atoms with Crippen molar-refractivity contribution < 1.29 is 28.3 Å². The minimum atomic E-state index is -1.35. The van der Waals surface area contributed by atoms with Gasteiger partial charge in [0.1, 0.15) is 11.6 Å². The molecule has 3 N–H and O–H groups in total. The summed E-state index contributed by atoms with van der Waals surface area (Å²) in [5.74, 6) is -2.97. The van der Waals surface area contributed by atoms with E-state index in [1.807, 2.05) is 5.32 Å². The molecule has 0 aliphatic carbocycles. The van der Waals surface area contributed by atoms with Crippen molar-refractivity contribution in [3.05, 3.63) is 64.2 Å². The van der Waals surface area contributed by atoms with E-state index in [1.165, 1.54) is 25.1 Å². The van der Waals surface area contributed by atoms with Gasteiger partial charge >= 0.3 is 6.09 Å². The second-order valence-corrected chi connectivity index (χ2v) is 6.11. The molecule has 1 atom stereocenters. The van der Waals surface area contributed by atoms with Gasteiger partial charge in [-0.25, -0.2) is 13.6 Å². The molecule has 0 fully saturated rings. The average Bonchev–Trinajstić information content (AvgIpc) is 2.53. The molecule has 142 valence electrons. The van der Waals surface area contributed by atoms with Crippen LogP contribution in [0.25, 0.3) is 0 Å². The Labute approximate surface area is 158 Å². The molecule has 2 rings (SSSR count). The number of rotatable bonds is 6. The fraction of sp³-hybridized carbons (Fsp3) is 0.167. The molecule has 2 aromatic carbocycles. The topological polar surface area (TPSA) is 95.5 Å². The average molecular weight is 397 g/mol. The van der Waals surface area contributed by atoms with Crippen molar-refractivity contribution in [2.45, 2.75) is 19.4 Å². The van der Waals surface area contributed by atoms with E-state index in [1.54, 1.807) is 0 Å². The lowest BCUT2D eigenvalue weighted by molar-refractivity contribution is -0.119. The number of carbonyl (C=O) groups is 3. The highest BCUT2D eigenvalue weighted by Crippen LogP contribution is 2.23.